The number of aromatic nitrogens is 1. The molecule has 0 saturated carbocycles. The van der Waals surface area contributed by atoms with Gasteiger partial charge in [-0.2, -0.15) is 0 Å². The van der Waals surface area contributed by atoms with E-state index >= 15 is 0 Å². The molecule has 1 aromatic carbocycles. The van der Waals surface area contributed by atoms with E-state index in [1.165, 1.54) is 11.3 Å². The zero-order valence-corrected chi connectivity index (χ0v) is 12.1. The fraction of sp³-hybridized carbons (Fsp3) is 0.385. The Morgan fingerprint density at radius 3 is 2.83 bits per heavy atom. The van der Waals surface area contributed by atoms with Crippen LogP contribution in [0.4, 0.5) is 0 Å². The van der Waals surface area contributed by atoms with Crippen molar-refractivity contribution in [1.82, 2.24) is 4.98 Å². The SMILES string of the molecule is CC(C)C[C@@H](N)C(=O)Sc1nc2ccccc2s1. The Bertz CT molecular complexity index is 518. The lowest BCUT2D eigenvalue weighted by molar-refractivity contribution is -0.112. The van der Waals surface area contributed by atoms with E-state index < -0.39 is 6.04 Å². The summed E-state index contributed by atoms with van der Waals surface area (Å²) in [6, 6.07) is 7.48. The summed E-state index contributed by atoms with van der Waals surface area (Å²) in [5.74, 6) is 0.430. The first-order valence-electron chi connectivity index (χ1n) is 5.89. The standard InChI is InChI=1S/C13H16N2OS2/c1-8(2)7-9(14)12(16)18-13-15-10-5-3-4-6-11(10)17-13/h3-6,8-9H,7,14H2,1-2H3/t9-/m1/s1. The van der Waals surface area contributed by atoms with Crippen LogP contribution in [0.15, 0.2) is 28.6 Å². The Hall–Kier alpha value is -0.910. The van der Waals surface area contributed by atoms with Crippen molar-refractivity contribution < 1.29 is 4.79 Å². The van der Waals surface area contributed by atoms with Crippen molar-refractivity contribution in [2.45, 2.75) is 30.6 Å². The highest BCUT2D eigenvalue weighted by atomic mass is 32.2. The summed E-state index contributed by atoms with van der Waals surface area (Å²) in [5.41, 5.74) is 6.81. The monoisotopic (exact) mass is 280 g/mol. The van der Waals surface area contributed by atoms with E-state index in [0.717, 1.165) is 32.7 Å². The highest BCUT2D eigenvalue weighted by molar-refractivity contribution is 8.15. The van der Waals surface area contributed by atoms with E-state index in [9.17, 15) is 4.79 Å². The molecule has 0 amide bonds. The lowest BCUT2D eigenvalue weighted by Gasteiger charge is -2.10. The second kappa shape index (κ2) is 5.82. The van der Waals surface area contributed by atoms with Gasteiger partial charge in [0.1, 0.15) is 0 Å². The lowest BCUT2D eigenvalue weighted by Crippen LogP contribution is -2.29. The summed E-state index contributed by atoms with van der Waals surface area (Å²) in [6.07, 6.45) is 0.719. The van der Waals surface area contributed by atoms with E-state index in [4.69, 9.17) is 5.73 Å². The minimum atomic E-state index is -0.401. The number of fused-ring (bicyclic) bond motifs is 1. The predicted octanol–water partition coefficient (Wildman–Crippen LogP) is 3.29. The molecule has 0 bridgehead atoms. The summed E-state index contributed by atoms with van der Waals surface area (Å²) < 4.78 is 1.88. The quantitative estimate of drug-likeness (QED) is 0.873. The van der Waals surface area contributed by atoms with Gasteiger partial charge in [-0.15, -0.1) is 11.3 Å². The third-order valence-corrected chi connectivity index (χ3v) is 4.59. The highest BCUT2D eigenvalue weighted by Crippen LogP contribution is 2.30. The van der Waals surface area contributed by atoms with Crippen LogP contribution in [0, 0.1) is 5.92 Å². The Morgan fingerprint density at radius 1 is 1.44 bits per heavy atom. The average molecular weight is 280 g/mol. The van der Waals surface area contributed by atoms with Gasteiger partial charge in [-0.3, -0.25) is 4.79 Å². The maximum absolute atomic E-state index is 11.9. The van der Waals surface area contributed by atoms with Crippen LogP contribution in [-0.4, -0.2) is 16.1 Å². The molecule has 2 aromatic rings. The van der Waals surface area contributed by atoms with E-state index in [-0.39, 0.29) is 5.12 Å². The summed E-state index contributed by atoms with van der Waals surface area (Å²) in [4.78, 5) is 16.3. The molecular formula is C13H16N2OS2. The molecule has 0 radical (unpaired) electrons. The molecule has 0 unspecified atom stereocenters. The molecular weight excluding hydrogens is 264 g/mol. The molecule has 1 atom stereocenters. The number of nitrogens with zero attached hydrogens (tertiary/aromatic N) is 1. The van der Waals surface area contributed by atoms with Gasteiger partial charge in [0.25, 0.3) is 0 Å². The largest absolute Gasteiger partial charge is 0.321 e. The molecule has 18 heavy (non-hydrogen) atoms. The number of carbonyl (C=O) groups excluding carboxylic acids is 1. The van der Waals surface area contributed by atoms with Gasteiger partial charge in [-0.1, -0.05) is 26.0 Å². The van der Waals surface area contributed by atoms with Gasteiger partial charge in [0.15, 0.2) is 4.34 Å². The number of thiazole rings is 1. The zero-order valence-electron chi connectivity index (χ0n) is 10.4. The van der Waals surface area contributed by atoms with Crippen molar-refractivity contribution in [1.29, 1.82) is 0 Å². The Morgan fingerprint density at radius 2 is 2.17 bits per heavy atom. The van der Waals surface area contributed by atoms with Crippen LogP contribution in [-0.2, 0) is 4.79 Å². The fourth-order valence-corrected chi connectivity index (χ4v) is 3.60. The van der Waals surface area contributed by atoms with Crippen molar-refractivity contribution in [2.75, 3.05) is 0 Å². The van der Waals surface area contributed by atoms with Crippen LogP contribution in [0.2, 0.25) is 0 Å². The third kappa shape index (κ3) is 3.31. The molecule has 0 fully saturated rings. The van der Waals surface area contributed by atoms with Crippen LogP contribution >= 0.6 is 23.1 Å². The number of hydrogen-bond acceptors (Lipinski definition) is 5. The summed E-state index contributed by atoms with van der Waals surface area (Å²) in [5, 5.41) is 0.00255. The number of thioether (sulfide) groups is 1. The van der Waals surface area contributed by atoms with Crippen LogP contribution in [0.5, 0.6) is 0 Å². The highest BCUT2D eigenvalue weighted by Gasteiger charge is 2.18. The molecule has 2 N–H and O–H groups in total. The van der Waals surface area contributed by atoms with Crippen molar-refractivity contribution in [3.05, 3.63) is 24.3 Å². The molecule has 1 heterocycles. The van der Waals surface area contributed by atoms with Crippen LogP contribution in [0.1, 0.15) is 20.3 Å². The maximum atomic E-state index is 11.9. The number of para-hydroxylation sites is 1. The molecule has 0 saturated heterocycles. The van der Waals surface area contributed by atoms with Gasteiger partial charge in [0.05, 0.1) is 16.3 Å². The van der Waals surface area contributed by atoms with Gasteiger partial charge in [0.2, 0.25) is 5.12 Å². The molecule has 5 heteroatoms. The fourth-order valence-electron chi connectivity index (χ4n) is 1.66. The topological polar surface area (TPSA) is 56.0 Å². The molecule has 3 nitrogen and oxygen atoms in total. The number of nitrogens with two attached hydrogens (primary N) is 1. The van der Waals surface area contributed by atoms with E-state index in [1.54, 1.807) is 0 Å². The molecule has 0 aliphatic rings. The molecule has 0 aliphatic heterocycles. The Labute approximate surface area is 115 Å². The van der Waals surface area contributed by atoms with Crippen molar-refractivity contribution in [3.8, 4) is 0 Å². The summed E-state index contributed by atoms with van der Waals surface area (Å²) in [6.45, 7) is 4.13. The second-order valence-electron chi connectivity index (χ2n) is 4.60. The first-order valence-corrected chi connectivity index (χ1v) is 7.52. The minimum absolute atomic E-state index is 0.00255. The average Bonchev–Trinajstić information content (AvgIpc) is 2.69. The number of rotatable bonds is 4. The second-order valence-corrected chi connectivity index (χ2v) is 6.89. The lowest BCUT2D eigenvalue weighted by atomic mass is 10.1. The smallest absolute Gasteiger partial charge is 0.212 e. The number of benzene rings is 1. The first-order chi connectivity index (χ1) is 8.56. The first kappa shape index (κ1) is 13.5. The van der Waals surface area contributed by atoms with E-state index in [2.05, 4.69) is 18.8 Å². The van der Waals surface area contributed by atoms with Crippen LogP contribution in [0.25, 0.3) is 10.2 Å². The molecule has 1 aromatic heterocycles. The number of hydrogen-bond donors (Lipinski definition) is 1. The van der Waals surface area contributed by atoms with Gasteiger partial charge in [0, 0.05) is 0 Å². The number of carbonyl (C=O) groups is 1. The molecule has 0 spiro atoms. The Balaban J connectivity index is 2.06. The van der Waals surface area contributed by atoms with E-state index in [1.807, 2.05) is 24.3 Å². The minimum Gasteiger partial charge on any atom is -0.321 e. The van der Waals surface area contributed by atoms with Crippen molar-refractivity contribution in [2.24, 2.45) is 11.7 Å². The van der Waals surface area contributed by atoms with Gasteiger partial charge in [-0.05, 0) is 36.2 Å². The van der Waals surface area contributed by atoms with Crippen LogP contribution in [0.3, 0.4) is 0 Å². The van der Waals surface area contributed by atoms with Crippen molar-refractivity contribution in [3.63, 3.8) is 0 Å². The molecule has 96 valence electrons. The van der Waals surface area contributed by atoms with Gasteiger partial charge >= 0.3 is 0 Å². The predicted molar refractivity (Wildman–Crippen MR) is 77.9 cm³/mol. The van der Waals surface area contributed by atoms with Gasteiger partial charge in [-0.25, -0.2) is 4.98 Å². The zero-order chi connectivity index (χ0) is 13.1. The maximum Gasteiger partial charge on any atom is 0.212 e. The normalized spacial score (nSPS) is 13.1. The van der Waals surface area contributed by atoms with Gasteiger partial charge < -0.3 is 5.73 Å². The molecule has 0 aliphatic carbocycles. The third-order valence-electron chi connectivity index (χ3n) is 2.49. The van der Waals surface area contributed by atoms with Crippen molar-refractivity contribution >= 4 is 38.4 Å². The Kier molecular flexibility index (Phi) is 4.37. The summed E-state index contributed by atoms with van der Waals surface area (Å²) >= 11 is 2.70. The summed E-state index contributed by atoms with van der Waals surface area (Å²) in [7, 11) is 0. The molecule has 2 rings (SSSR count). The van der Waals surface area contributed by atoms with Crippen LogP contribution < -0.4 is 5.73 Å². The van der Waals surface area contributed by atoms with E-state index in [0.29, 0.717) is 5.92 Å².